The number of rotatable bonds is 5. The van der Waals surface area contributed by atoms with Crippen LogP contribution >= 0.6 is 11.3 Å². The third-order valence-corrected chi connectivity index (χ3v) is 5.17. The van der Waals surface area contributed by atoms with Crippen LogP contribution in [0.5, 0.6) is 0 Å². The van der Waals surface area contributed by atoms with Gasteiger partial charge >= 0.3 is 0 Å². The van der Waals surface area contributed by atoms with Crippen molar-refractivity contribution in [1.29, 1.82) is 0 Å². The molecule has 2 heteroatoms. The first kappa shape index (κ1) is 13.6. The number of unbranched alkanes of at least 4 members (excludes halogenated alkanes) is 2. The van der Waals surface area contributed by atoms with Crippen LogP contribution in [0.4, 0.5) is 0 Å². The van der Waals surface area contributed by atoms with Crippen molar-refractivity contribution in [1.82, 2.24) is 4.98 Å². The maximum absolute atomic E-state index is 4.86. The molecule has 3 rings (SSSR count). The topological polar surface area (TPSA) is 12.9 Å². The largest absolute Gasteiger partial charge is 0.246 e. The van der Waals surface area contributed by atoms with E-state index in [4.69, 9.17) is 4.98 Å². The van der Waals surface area contributed by atoms with Gasteiger partial charge in [-0.05, 0) is 42.4 Å². The molecule has 0 saturated heterocycles. The fourth-order valence-electron chi connectivity index (χ4n) is 2.84. The minimum Gasteiger partial charge on any atom is -0.246 e. The summed E-state index contributed by atoms with van der Waals surface area (Å²) < 4.78 is 0. The summed E-state index contributed by atoms with van der Waals surface area (Å²) in [4.78, 5) is 6.27. The van der Waals surface area contributed by atoms with Gasteiger partial charge in [-0.3, -0.25) is 0 Å². The summed E-state index contributed by atoms with van der Waals surface area (Å²) in [5.74, 6) is 0. The number of fused-ring (bicyclic) bond motifs is 3. The van der Waals surface area contributed by atoms with Gasteiger partial charge in [0.2, 0.25) is 0 Å². The van der Waals surface area contributed by atoms with E-state index in [9.17, 15) is 0 Å². The lowest BCUT2D eigenvalue weighted by atomic mass is 9.92. The monoisotopic (exact) mass is 283 g/mol. The van der Waals surface area contributed by atoms with Gasteiger partial charge in [0, 0.05) is 0 Å². The molecule has 0 atom stereocenters. The molecule has 1 aliphatic carbocycles. The Balaban J connectivity index is 1.89. The molecule has 0 bridgehead atoms. The normalized spacial score (nSPS) is 12.8. The van der Waals surface area contributed by atoms with Crippen molar-refractivity contribution in [3.05, 3.63) is 46.6 Å². The third kappa shape index (κ3) is 2.57. The van der Waals surface area contributed by atoms with Crippen LogP contribution in [-0.4, -0.2) is 4.98 Å². The second-order valence-corrected chi connectivity index (χ2v) is 6.54. The predicted molar refractivity (Wildman–Crippen MR) is 88.3 cm³/mol. The Morgan fingerprint density at radius 1 is 1.30 bits per heavy atom. The molecule has 1 aromatic heterocycles. The summed E-state index contributed by atoms with van der Waals surface area (Å²) in [6, 6.07) is 6.69. The molecule has 20 heavy (non-hydrogen) atoms. The standard InChI is InChI=1S/C18H21NS/c1-3-5-6-7-17-19-16-11-9-14-12-13(4-2)8-10-15(14)18(16)20-17/h4,8,10,12H,2-3,5-7,9,11H2,1H3. The van der Waals surface area contributed by atoms with Gasteiger partial charge in [0.05, 0.1) is 15.6 Å². The molecule has 1 heterocycles. The molecule has 0 N–H and O–H groups in total. The van der Waals surface area contributed by atoms with Crippen molar-refractivity contribution in [2.75, 3.05) is 0 Å². The Kier molecular flexibility index (Phi) is 4.02. The predicted octanol–water partition coefficient (Wildman–Crippen LogP) is 5.28. The van der Waals surface area contributed by atoms with Crippen LogP contribution in [0.25, 0.3) is 16.5 Å². The van der Waals surface area contributed by atoms with Crippen LogP contribution in [-0.2, 0) is 19.3 Å². The maximum Gasteiger partial charge on any atom is 0.0934 e. The van der Waals surface area contributed by atoms with Crippen LogP contribution in [0.2, 0.25) is 0 Å². The van der Waals surface area contributed by atoms with E-state index in [1.165, 1.54) is 51.5 Å². The molecule has 1 nitrogen and oxygen atoms in total. The molecule has 0 unspecified atom stereocenters. The number of aromatic nitrogens is 1. The minimum atomic E-state index is 1.09. The lowest BCUT2D eigenvalue weighted by molar-refractivity contribution is 0.712. The highest BCUT2D eigenvalue weighted by Gasteiger charge is 2.20. The quantitative estimate of drug-likeness (QED) is 0.680. The summed E-state index contributed by atoms with van der Waals surface area (Å²) in [6.45, 7) is 6.11. The number of hydrogen-bond acceptors (Lipinski definition) is 2. The van der Waals surface area contributed by atoms with E-state index in [1.807, 2.05) is 17.4 Å². The van der Waals surface area contributed by atoms with Crippen molar-refractivity contribution in [2.45, 2.75) is 45.4 Å². The fraction of sp³-hybridized carbons (Fsp3) is 0.389. The zero-order chi connectivity index (χ0) is 13.9. The Bertz CT molecular complexity index is 624. The van der Waals surface area contributed by atoms with Crippen molar-refractivity contribution in [2.24, 2.45) is 0 Å². The Morgan fingerprint density at radius 3 is 3.00 bits per heavy atom. The Labute approximate surface area is 125 Å². The number of nitrogens with zero attached hydrogens (tertiary/aromatic N) is 1. The van der Waals surface area contributed by atoms with Gasteiger partial charge in [-0.15, -0.1) is 11.3 Å². The van der Waals surface area contributed by atoms with Gasteiger partial charge in [0.1, 0.15) is 0 Å². The number of thiazole rings is 1. The third-order valence-electron chi connectivity index (χ3n) is 3.98. The fourth-order valence-corrected chi connectivity index (χ4v) is 4.05. The van der Waals surface area contributed by atoms with Crippen LogP contribution in [0.15, 0.2) is 24.8 Å². The first-order valence-corrected chi connectivity index (χ1v) is 8.37. The van der Waals surface area contributed by atoms with Gasteiger partial charge in [0.25, 0.3) is 0 Å². The Hall–Kier alpha value is -1.41. The molecular formula is C18H21NS. The van der Waals surface area contributed by atoms with E-state index < -0.39 is 0 Å². The number of benzene rings is 1. The highest BCUT2D eigenvalue weighted by Crippen LogP contribution is 2.38. The summed E-state index contributed by atoms with van der Waals surface area (Å²) >= 11 is 1.90. The van der Waals surface area contributed by atoms with Crippen molar-refractivity contribution < 1.29 is 0 Å². The van der Waals surface area contributed by atoms with E-state index in [1.54, 1.807) is 0 Å². The van der Waals surface area contributed by atoms with Gasteiger partial charge < -0.3 is 0 Å². The number of hydrogen-bond donors (Lipinski definition) is 0. The summed E-state index contributed by atoms with van der Waals surface area (Å²) in [5.41, 5.74) is 5.40. The van der Waals surface area contributed by atoms with Gasteiger partial charge in [-0.2, -0.15) is 0 Å². The average molecular weight is 283 g/mol. The zero-order valence-electron chi connectivity index (χ0n) is 12.1. The SMILES string of the molecule is C=Cc1ccc2c(c1)CCc1nc(CCCCC)sc1-2. The number of aryl methyl sites for hydroxylation is 3. The van der Waals surface area contributed by atoms with Crippen molar-refractivity contribution >= 4 is 17.4 Å². The van der Waals surface area contributed by atoms with E-state index in [0.29, 0.717) is 0 Å². The first-order valence-electron chi connectivity index (χ1n) is 7.56. The van der Waals surface area contributed by atoms with Gasteiger partial charge in [-0.25, -0.2) is 4.98 Å². The second kappa shape index (κ2) is 5.92. The molecule has 0 amide bonds. The van der Waals surface area contributed by atoms with E-state index in [2.05, 4.69) is 31.7 Å². The molecule has 0 fully saturated rings. The summed E-state index contributed by atoms with van der Waals surface area (Å²) in [5, 5.41) is 1.32. The van der Waals surface area contributed by atoms with E-state index in [-0.39, 0.29) is 0 Å². The molecule has 0 saturated carbocycles. The first-order chi connectivity index (χ1) is 9.81. The van der Waals surface area contributed by atoms with Crippen LogP contribution in [0.3, 0.4) is 0 Å². The van der Waals surface area contributed by atoms with E-state index in [0.717, 1.165) is 19.3 Å². The molecule has 0 aliphatic heterocycles. The molecule has 2 aromatic rings. The molecule has 0 radical (unpaired) electrons. The van der Waals surface area contributed by atoms with E-state index >= 15 is 0 Å². The van der Waals surface area contributed by atoms with Crippen molar-refractivity contribution in [3.8, 4) is 10.4 Å². The molecule has 1 aliphatic rings. The van der Waals surface area contributed by atoms with Crippen LogP contribution in [0, 0.1) is 0 Å². The van der Waals surface area contributed by atoms with Gasteiger partial charge in [0.15, 0.2) is 0 Å². The van der Waals surface area contributed by atoms with Crippen LogP contribution in [0.1, 0.15) is 48.0 Å². The highest BCUT2D eigenvalue weighted by molar-refractivity contribution is 7.15. The average Bonchev–Trinajstić information content (AvgIpc) is 2.90. The molecule has 104 valence electrons. The lowest BCUT2D eigenvalue weighted by Crippen LogP contribution is -2.02. The molecule has 1 aromatic carbocycles. The van der Waals surface area contributed by atoms with Crippen molar-refractivity contribution in [3.63, 3.8) is 0 Å². The lowest BCUT2D eigenvalue weighted by Gasteiger charge is -2.15. The second-order valence-electron chi connectivity index (χ2n) is 5.46. The van der Waals surface area contributed by atoms with Gasteiger partial charge in [-0.1, -0.05) is 50.6 Å². The zero-order valence-corrected chi connectivity index (χ0v) is 12.9. The summed E-state index contributed by atoms with van der Waals surface area (Å²) in [7, 11) is 0. The smallest absolute Gasteiger partial charge is 0.0934 e. The maximum atomic E-state index is 4.86. The highest BCUT2D eigenvalue weighted by atomic mass is 32.1. The molecule has 0 spiro atoms. The minimum absolute atomic E-state index is 1.09. The summed E-state index contributed by atoms with van der Waals surface area (Å²) in [6.07, 6.45) is 9.13. The van der Waals surface area contributed by atoms with Crippen LogP contribution < -0.4 is 0 Å². The Morgan fingerprint density at radius 2 is 2.20 bits per heavy atom. The molecular weight excluding hydrogens is 262 g/mol.